The number of nitrogens with zero attached hydrogens (tertiary/aromatic N) is 1. The highest BCUT2D eigenvalue weighted by Gasteiger charge is 2.13. The summed E-state index contributed by atoms with van der Waals surface area (Å²) in [5.41, 5.74) is -0.396. The van der Waals surface area contributed by atoms with Gasteiger partial charge in [0.15, 0.2) is 0 Å². The maximum Gasteiger partial charge on any atom is 0.341 e. The van der Waals surface area contributed by atoms with Crippen LogP contribution in [0.4, 0.5) is 0 Å². The minimum Gasteiger partial charge on any atom is -0.477 e. The lowest BCUT2D eigenvalue weighted by Gasteiger charge is -2.09. The van der Waals surface area contributed by atoms with E-state index in [-0.39, 0.29) is 17.1 Å². The van der Waals surface area contributed by atoms with Gasteiger partial charge < -0.3 is 9.67 Å². The van der Waals surface area contributed by atoms with E-state index in [2.05, 4.69) is 0 Å². The molecule has 2 rings (SSSR count). The van der Waals surface area contributed by atoms with E-state index in [1.165, 1.54) is 10.8 Å². The van der Waals surface area contributed by atoms with Gasteiger partial charge in [0, 0.05) is 16.2 Å². The first kappa shape index (κ1) is 14.9. The number of pyridine rings is 1. The first-order valence-corrected chi connectivity index (χ1v) is 6.59. The second-order valence-electron chi connectivity index (χ2n) is 4.05. The van der Waals surface area contributed by atoms with Crippen LogP contribution in [0.15, 0.2) is 35.3 Å². The van der Waals surface area contributed by atoms with Gasteiger partial charge in [-0.05, 0) is 23.8 Å². The topological polar surface area (TPSA) is 59.3 Å². The number of aromatic nitrogens is 1. The number of halogens is 3. The summed E-state index contributed by atoms with van der Waals surface area (Å²) < 4.78 is 1.20. The summed E-state index contributed by atoms with van der Waals surface area (Å²) in [6.45, 7) is 0.107. The monoisotopic (exact) mass is 331 g/mol. The fourth-order valence-electron chi connectivity index (χ4n) is 1.70. The lowest BCUT2D eigenvalue weighted by Crippen LogP contribution is -2.26. The quantitative estimate of drug-likeness (QED) is 0.935. The largest absolute Gasteiger partial charge is 0.477 e. The molecule has 0 amide bonds. The van der Waals surface area contributed by atoms with Gasteiger partial charge >= 0.3 is 5.97 Å². The third-order valence-electron chi connectivity index (χ3n) is 2.64. The molecule has 0 aliphatic rings. The Labute approximate surface area is 129 Å². The maximum absolute atomic E-state index is 12.0. The molecule has 0 aliphatic carbocycles. The van der Waals surface area contributed by atoms with Crippen LogP contribution in [0.3, 0.4) is 0 Å². The van der Waals surface area contributed by atoms with Crippen LogP contribution < -0.4 is 5.56 Å². The molecule has 0 spiro atoms. The van der Waals surface area contributed by atoms with Crippen LogP contribution in [-0.2, 0) is 6.54 Å². The normalized spacial score (nSPS) is 10.6. The number of hydrogen-bond acceptors (Lipinski definition) is 2. The summed E-state index contributed by atoms with van der Waals surface area (Å²) in [6, 6.07) is 5.97. The molecule has 104 valence electrons. The molecule has 0 aliphatic heterocycles. The Morgan fingerprint density at radius 1 is 1.15 bits per heavy atom. The van der Waals surface area contributed by atoms with Crippen molar-refractivity contribution in [2.24, 2.45) is 0 Å². The number of benzene rings is 1. The zero-order valence-corrected chi connectivity index (χ0v) is 12.2. The number of carboxylic acids is 1. The SMILES string of the molecule is O=C(O)c1cc(Cl)cn(Cc2ccc(Cl)cc2Cl)c1=O. The molecule has 0 fully saturated rings. The fourth-order valence-corrected chi connectivity index (χ4v) is 2.40. The Balaban J connectivity index is 2.48. The summed E-state index contributed by atoms with van der Waals surface area (Å²) in [5, 5.41) is 9.98. The Morgan fingerprint density at radius 3 is 2.45 bits per heavy atom. The Bertz CT molecular complexity index is 740. The highest BCUT2D eigenvalue weighted by molar-refractivity contribution is 6.35. The Hall–Kier alpha value is -1.49. The van der Waals surface area contributed by atoms with Crippen molar-refractivity contribution < 1.29 is 9.90 Å². The van der Waals surface area contributed by atoms with Crippen LogP contribution in [0.25, 0.3) is 0 Å². The summed E-state index contributed by atoms with van der Waals surface area (Å²) in [7, 11) is 0. The van der Waals surface area contributed by atoms with Gasteiger partial charge in [-0.3, -0.25) is 4.79 Å². The van der Waals surface area contributed by atoms with Gasteiger partial charge in [0.1, 0.15) is 5.56 Å². The molecule has 7 heteroatoms. The van der Waals surface area contributed by atoms with E-state index in [4.69, 9.17) is 39.9 Å². The van der Waals surface area contributed by atoms with E-state index in [9.17, 15) is 9.59 Å². The highest BCUT2D eigenvalue weighted by Crippen LogP contribution is 2.21. The van der Waals surface area contributed by atoms with Crippen molar-refractivity contribution >= 4 is 40.8 Å². The van der Waals surface area contributed by atoms with Crippen LogP contribution in [0.2, 0.25) is 15.1 Å². The van der Waals surface area contributed by atoms with Gasteiger partial charge in [0.2, 0.25) is 0 Å². The van der Waals surface area contributed by atoms with E-state index in [1.54, 1.807) is 18.2 Å². The Kier molecular flexibility index (Phi) is 4.38. The van der Waals surface area contributed by atoms with Crippen LogP contribution in [0.5, 0.6) is 0 Å². The minimum absolute atomic E-state index is 0.107. The molecule has 0 saturated heterocycles. The average Bonchev–Trinajstić information content (AvgIpc) is 2.36. The van der Waals surface area contributed by atoms with Gasteiger partial charge in [0.25, 0.3) is 5.56 Å². The lowest BCUT2D eigenvalue weighted by molar-refractivity contribution is 0.0694. The van der Waals surface area contributed by atoms with Crippen molar-refractivity contribution in [1.82, 2.24) is 4.57 Å². The standard InChI is InChI=1S/C13H8Cl3NO3/c14-8-2-1-7(11(16)4-8)5-17-6-9(15)3-10(12(17)18)13(19)20/h1-4,6H,5H2,(H,19,20). The number of aromatic carboxylic acids is 1. The summed E-state index contributed by atoms with van der Waals surface area (Å²) >= 11 is 17.6. The van der Waals surface area contributed by atoms with Gasteiger partial charge in [-0.25, -0.2) is 4.79 Å². The first-order chi connectivity index (χ1) is 9.38. The van der Waals surface area contributed by atoms with Crippen LogP contribution in [0.1, 0.15) is 15.9 Å². The van der Waals surface area contributed by atoms with Crippen LogP contribution >= 0.6 is 34.8 Å². The summed E-state index contributed by atoms with van der Waals surface area (Å²) in [4.78, 5) is 23.0. The molecule has 2 aromatic rings. The molecule has 20 heavy (non-hydrogen) atoms. The molecule has 1 aromatic heterocycles. The first-order valence-electron chi connectivity index (χ1n) is 5.45. The van der Waals surface area contributed by atoms with Crippen molar-refractivity contribution in [3.8, 4) is 0 Å². The van der Waals surface area contributed by atoms with Crippen LogP contribution in [0, 0.1) is 0 Å². The molecule has 1 aromatic carbocycles. The molecular weight excluding hydrogens is 325 g/mol. The smallest absolute Gasteiger partial charge is 0.341 e. The van der Waals surface area contributed by atoms with E-state index in [0.717, 1.165) is 6.07 Å². The van der Waals surface area contributed by atoms with Gasteiger partial charge in [-0.2, -0.15) is 0 Å². The Morgan fingerprint density at radius 2 is 1.85 bits per heavy atom. The fraction of sp³-hybridized carbons (Fsp3) is 0.0769. The summed E-state index contributed by atoms with van der Waals surface area (Å²) in [6.07, 6.45) is 1.36. The average molecular weight is 333 g/mol. The zero-order valence-electron chi connectivity index (χ0n) is 9.94. The number of carboxylic acid groups (broad SMARTS) is 1. The van der Waals surface area contributed by atoms with Crippen molar-refractivity contribution in [1.29, 1.82) is 0 Å². The van der Waals surface area contributed by atoms with E-state index < -0.39 is 11.5 Å². The third-order valence-corrected chi connectivity index (χ3v) is 3.43. The molecule has 0 radical (unpaired) electrons. The number of carbonyl (C=O) groups is 1. The highest BCUT2D eigenvalue weighted by atomic mass is 35.5. The molecule has 1 heterocycles. The summed E-state index contributed by atoms with van der Waals surface area (Å²) in [5.74, 6) is -1.33. The second kappa shape index (κ2) is 5.87. The second-order valence-corrected chi connectivity index (χ2v) is 5.33. The van der Waals surface area contributed by atoms with Gasteiger partial charge in [0.05, 0.1) is 11.6 Å². The van der Waals surface area contributed by atoms with E-state index >= 15 is 0 Å². The van der Waals surface area contributed by atoms with Crippen molar-refractivity contribution in [3.05, 3.63) is 67.0 Å². The van der Waals surface area contributed by atoms with Gasteiger partial charge in [-0.15, -0.1) is 0 Å². The number of hydrogen-bond donors (Lipinski definition) is 1. The molecule has 0 atom stereocenters. The number of rotatable bonds is 3. The molecular formula is C13H8Cl3NO3. The van der Waals surface area contributed by atoms with E-state index in [0.29, 0.717) is 15.6 Å². The predicted molar refractivity (Wildman–Crippen MR) is 78.2 cm³/mol. The zero-order chi connectivity index (χ0) is 14.9. The predicted octanol–water partition coefficient (Wildman–Crippen LogP) is 3.56. The maximum atomic E-state index is 12.0. The molecule has 0 saturated carbocycles. The van der Waals surface area contributed by atoms with Crippen molar-refractivity contribution in [2.45, 2.75) is 6.54 Å². The molecule has 0 bridgehead atoms. The van der Waals surface area contributed by atoms with E-state index in [1.807, 2.05) is 0 Å². The molecule has 4 nitrogen and oxygen atoms in total. The third kappa shape index (κ3) is 3.15. The molecule has 0 unspecified atom stereocenters. The minimum atomic E-state index is -1.33. The van der Waals surface area contributed by atoms with Crippen molar-refractivity contribution in [2.75, 3.05) is 0 Å². The molecule has 1 N–H and O–H groups in total. The van der Waals surface area contributed by atoms with Crippen LogP contribution in [-0.4, -0.2) is 15.6 Å². The lowest BCUT2D eigenvalue weighted by atomic mass is 10.2. The van der Waals surface area contributed by atoms with Gasteiger partial charge in [-0.1, -0.05) is 40.9 Å². The van der Waals surface area contributed by atoms with Crippen molar-refractivity contribution in [3.63, 3.8) is 0 Å².